The average molecular weight is 344 g/mol. The van der Waals surface area contributed by atoms with Crippen molar-refractivity contribution in [2.24, 2.45) is 0 Å². The number of carbonyl (C=O) groups excluding carboxylic acids is 1. The van der Waals surface area contributed by atoms with Crippen molar-refractivity contribution in [1.29, 1.82) is 0 Å². The summed E-state index contributed by atoms with van der Waals surface area (Å²) in [6, 6.07) is 7.55. The molecule has 1 unspecified atom stereocenters. The van der Waals surface area contributed by atoms with Crippen LogP contribution in [0.2, 0.25) is 0 Å². The zero-order chi connectivity index (χ0) is 17.8. The number of aromatic amines is 1. The van der Waals surface area contributed by atoms with Crippen LogP contribution in [0.15, 0.2) is 24.3 Å². The third-order valence-electron chi connectivity index (χ3n) is 4.63. The number of hydrogen-bond acceptors (Lipinski definition) is 5. The van der Waals surface area contributed by atoms with Crippen molar-refractivity contribution < 1.29 is 14.3 Å². The Kier molecular flexibility index (Phi) is 5.23. The van der Waals surface area contributed by atoms with Gasteiger partial charge in [-0.05, 0) is 43.7 Å². The molecule has 0 spiro atoms. The molecular formula is C18H24N4O3. The van der Waals surface area contributed by atoms with Gasteiger partial charge in [-0.15, -0.1) is 0 Å². The largest absolute Gasteiger partial charge is 0.493 e. The van der Waals surface area contributed by atoms with Gasteiger partial charge < -0.3 is 19.7 Å². The lowest BCUT2D eigenvalue weighted by Crippen LogP contribution is -2.46. The summed E-state index contributed by atoms with van der Waals surface area (Å²) < 4.78 is 10.6. The molecule has 0 saturated carbocycles. The maximum absolute atomic E-state index is 12.7. The molecule has 0 radical (unpaired) electrons. The molecule has 1 fully saturated rings. The molecule has 0 aliphatic carbocycles. The number of ether oxygens (including phenoxy) is 2. The standard InChI is InChI=1S/C18H24N4O3/c1-22(13-5-4-8-19-11-13)18(23)15-10-14(20-21-15)12-6-7-16(24-2)17(9-12)25-3/h6-7,9-10,13,19H,4-5,8,11H2,1-3H3,(H,20,21). The smallest absolute Gasteiger partial charge is 0.271 e. The van der Waals surface area contributed by atoms with Crippen LogP contribution in [0.1, 0.15) is 23.3 Å². The number of carbonyl (C=O) groups is 1. The molecule has 7 nitrogen and oxygen atoms in total. The summed E-state index contributed by atoms with van der Waals surface area (Å²) in [5.41, 5.74) is 2.03. The minimum Gasteiger partial charge on any atom is -0.493 e. The fourth-order valence-electron chi connectivity index (χ4n) is 3.09. The third kappa shape index (κ3) is 3.61. The number of methoxy groups -OCH3 is 2. The van der Waals surface area contributed by atoms with Crippen LogP contribution in [0.4, 0.5) is 0 Å². The second kappa shape index (κ2) is 7.57. The third-order valence-corrected chi connectivity index (χ3v) is 4.63. The van der Waals surface area contributed by atoms with Crippen molar-refractivity contribution in [2.75, 3.05) is 34.4 Å². The van der Waals surface area contributed by atoms with Crippen molar-refractivity contribution in [2.45, 2.75) is 18.9 Å². The number of rotatable bonds is 5. The van der Waals surface area contributed by atoms with E-state index in [-0.39, 0.29) is 11.9 Å². The van der Waals surface area contributed by atoms with Gasteiger partial charge in [0, 0.05) is 25.2 Å². The first-order valence-electron chi connectivity index (χ1n) is 8.39. The van der Waals surface area contributed by atoms with Gasteiger partial charge in [-0.25, -0.2) is 0 Å². The van der Waals surface area contributed by atoms with Crippen molar-refractivity contribution in [3.8, 4) is 22.8 Å². The molecule has 1 aromatic carbocycles. The predicted octanol–water partition coefficient (Wildman–Crippen LogP) is 1.92. The molecule has 3 rings (SSSR count). The number of hydrogen-bond donors (Lipinski definition) is 2. The van der Waals surface area contributed by atoms with Crippen molar-refractivity contribution in [3.05, 3.63) is 30.0 Å². The summed E-state index contributed by atoms with van der Waals surface area (Å²) in [4.78, 5) is 14.5. The summed E-state index contributed by atoms with van der Waals surface area (Å²) in [5.74, 6) is 1.23. The predicted molar refractivity (Wildman–Crippen MR) is 95.1 cm³/mol. The van der Waals surface area contributed by atoms with Crippen LogP contribution in [0.25, 0.3) is 11.3 Å². The van der Waals surface area contributed by atoms with E-state index in [2.05, 4.69) is 15.5 Å². The number of nitrogens with zero attached hydrogens (tertiary/aromatic N) is 2. The van der Waals surface area contributed by atoms with E-state index in [9.17, 15) is 4.79 Å². The van der Waals surface area contributed by atoms with Gasteiger partial charge in [-0.1, -0.05) is 0 Å². The molecule has 25 heavy (non-hydrogen) atoms. The molecule has 1 aliphatic rings. The van der Waals surface area contributed by atoms with E-state index in [1.165, 1.54) is 0 Å². The molecule has 1 aromatic heterocycles. The van der Waals surface area contributed by atoms with Crippen molar-refractivity contribution >= 4 is 5.91 Å². The van der Waals surface area contributed by atoms with E-state index in [1.54, 1.807) is 25.2 Å². The quantitative estimate of drug-likeness (QED) is 0.866. The number of benzene rings is 1. The van der Waals surface area contributed by atoms with Crippen molar-refractivity contribution in [1.82, 2.24) is 20.4 Å². The van der Waals surface area contributed by atoms with E-state index in [0.29, 0.717) is 22.9 Å². The molecular weight excluding hydrogens is 320 g/mol. The zero-order valence-electron chi connectivity index (χ0n) is 14.8. The molecule has 1 amide bonds. The normalized spacial score (nSPS) is 17.2. The van der Waals surface area contributed by atoms with Gasteiger partial charge in [0.05, 0.1) is 19.9 Å². The summed E-state index contributed by atoms with van der Waals surface area (Å²) in [6.45, 7) is 1.85. The Hall–Kier alpha value is -2.54. The van der Waals surface area contributed by atoms with E-state index in [1.807, 2.05) is 25.2 Å². The van der Waals surface area contributed by atoms with Crippen LogP contribution in [-0.2, 0) is 0 Å². The van der Waals surface area contributed by atoms with Gasteiger partial charge in [0.15, 0.2) is 11.5 Å². The number of aromatic nitrogens is 2. The van der Waals surface area contributed by atoms with E-state index >= 15 is 0 Å². The minimum absolute atomic E-state index is 0.0482. The second-order valence-corrected chi connectivity index (χ2v) is 6.15. The Morgan fingerprint density at radius 3 is 2.72 bits per heavy atom. The number of likely N-dealkylation sites (N-methyl/N-ethyl adjacent to an activating group) is 1. The Balaban J connectivity index is 1.78. The molecule has 7 heteroatoms. The van der Waals surface area contributed by atoms with Crippen LogP contribution in [0.3, 0.4) is 0 Å². The molecule has 2 N–H and O–H groups in total. The Morgan fingerprint density at radius 1 is 1.24 bits per heavy atom. The molecule has 0 bridgehead atoms. The Labute approximate surface area is 147 Å². The highest BCUT2D eigenvalue weighted by molar-refractivity contribution is 5.93. The van der Waals surface area contributed by atoms with E-state index in [0.717, 1.165) is 31.5 Å². The zero-order valence-corrected chi connectivity index (χ0v) is 14.8. The van der Waals surface area contributed by atoms with E-state index < -0.39 is 0 Å². The summed E-state index contributed by atoms with van der Waals surface area (Å²) in [6.07, 6.45) is 2.11. The highest BCUT2D eigenvalue weighted by atomic mass is 16.5. The molecule has 1 atom stereocenters. The topological polar surface area (TPSA) is 79.5 Å². The van der Waals surface area contributed by atoms with Crippen LogP contribution in [-0.4, -0.2) is 61.4 Å². The first kappa shape index (κ1) is 17.3. The number of amides is 1. The lowest BCUT2D eigenvalue weighted by atomic mass is 10.1. The fraction of sp³-hybridized carbons (Fsp3) is 0.444. The lowest BCUT2D eigenvalue weighted by molar-refractivity contribution is 0.0702. The highest BCUT2D eigenvalue weighted by Crippen LogP contribution is 2.31. The summed E-state index contributed by atoms with van der Waals surface area (Å²) >= 11 is 0. The molecule has 1 saturated heterocycles. The fourth-order valence-corrected chi connectivity index (χ4v) is 3.09. The number of piperidine rings is 1. The van der Waals surface area contributed by atoms with Crippen LogP contribution < -0.4 is 14.8 Å². The van der Waals surface area contributed by atoms with Gasteiger partial charge in [0.25, 0.3) is 5.91 Å². The molecule has 134 valence electrons. The summed E-state index contributed by atoms with van der Waals surface area (Å²) in [7, 11) is 5.03. The van der Waals surface area contributed by atoms with Gasteiger partial charge in [-0.2, -0.15) is 5.10 Å². The molecule has 2 heterocycles. The van der Waals surface area contributed by atoms with Crippen molar-refractivity contribution in [3.63, 3.8) is 0 Å². The van der Waals surface area contributed by atoms with Gasteiger partial charge in [0.1, 0.15) is 5.69 Å². The first-order valence-corrected chi connectivity index (χ1v) is 8.39. The van der Waals surface area contributed by atoms with Crippen LogP contribution in [0, 0.1) is 0 Å². The number of nitrogens with one attached hydrogen (secondary N) is 2. The highest BCUT2D eigenvalue weighted by Gasteiger charge is 2.24. The maximum Gasteiger partial charge on any atom is 0.271 e. The maximum atomic E-state index is 12.7. The molecule has 1 aliphatic heterocycles. The molecule has 2 aromatic rings. The average Bonchev–Trinajstić information content (AvgIpc) is 3.17. The first-order chi connectivity index (χ1) is 12.1. The second-order valence-electron chi connectivity index (χ2n) is 6.15. The monoisotopic (exact) mass is 344 g/mol. The Bertz CT molecular complexity index is 738. The Morgan fingerprint density at radius 2 is 2.04 bits per heavy atom. The van der Waals surface area contributed by atoms with Crippen LogP contribution in [0.5, 0.6) is 11.5 Å². The number of H-pyrrole nitrogens is 1. The van der Waals surface area contributed by atoms with Gasteiger partial charge in [-0.3, -0.25) is 9.89 Å². The minimum atomic E-state index is -0.0482. The van der Waals surface area contributed by atoms with E-state index in [4.69, 9.17) is 9.47 Å². The van der Waals surface area contributed by atoms with Crippen LogP contribution >= 0.6 is 0 Å². The van der Waals surface area contributed by atoms with Gasteiger partial charge >= 0.3 is 0 Å². The summed E-state index contributed by atoms with van der Waals surface area (Å²) in [5, 5.41) is 10.5. The SMILES string of the molecule is COc1ccc(-c2cc(C(=O)N(C)C3CCCNC3)[nH]n2)cc1OC. The van der Waals surface area contributed by atoms with Gasteiger partial charge in [0.2, 0.25) is 0 Å². The lowest BCUT2D eigenvalue weighted by Gasteiger charge is -2.31.